The van der Waals surface area contributed by atoms with Crippen LogP contribution in [0.25, 0.3) is 0 Å². The zero-order chi connectivity index (χ0) is 15.5. The maximum atomic E-state index is 5.27. The fraction of sp³-hybridized carbons (Fsp3) is 0.316. The lowest BCUT2D eigenvalue weighted by Crippen LogP contribution is -2.30. The number of hydrogen-bond acceptors (Lipinski definition) is 3. The first-order valence-corrected chi connectivity index (χ1v) is 7.75. The molecule has 0 aromatic heterocycles. The summed E-state index contributed by atoms with van der Waals surface area (Å²) in [6, 6.07) is 17.1. The highest BCUT2D eigenvalue weighted by atomic mass is 35.5. The lowest BCUT2D eigenvalue weighted by molar-refractivity contribution is 0.369. The normalized spacial score (nSPS) is 16.7. The predicted molar refractivity (Wildman–Crippen MR) is 98.3 cm³/mol. The zero-order valence-electron chi connectivity index (χ0n) is 13.8. The Hall–Kier alpha value is -2.00. The van der Waals surface area contributed by atoms with E-state index in [1.165, 1.54) is 11.1 Å². The van der Waals surface area contributed by atoms with Crippen LogP contribution in [0.3, 0.4) is 0 Å². The van der Waals surface area contributed by atoms with Crippen molar-refractivity contribution in [1.29, 1.82) is 0 Å². The van der Waals surface area contributed by atoms with Crippen molar-refractivity contribution in [1.82, 2.24) is 4.90 Å². The summed E-state index contributed by atoms with van der Waals surface area (Å²) >= 11 is 0. The van der Waals surface area contributed by atoms with Crippen molar-refractivity contribution in [3.8, 4) is 5.75 Å². The molecule has 0 spiro atoms. The molecule has 3 nitrogen and oxygen atoms in total. The molecule has 0 saturated heterocycles. The number of fused-ring (bicyclic) bond motifs is 1. The molecular formula is C19H23ClN2O. The second-order valence-corrected chi connectivity index (χ2v) is 5.61. The number of likely N-dealkylation sites (N-methyl/N-ethyl adjacent to an activating group) is 1. The predicted octanol–water partition coefficient (Wildman–Crippen LogP) is 4.79. The van der Waals surface area contributed by atoms with Gasteiger partial charge in [-0.05, 0) is 35.7 Å². The third-order valence-corrected chi connectivity index (χ3v) is 4.35. The number of halogens is 1. The molecule has 2 aromatic carbocycles. The third-order valence-electron chi connectivity index (χ3n) is 4.35. The van der Waals surface area contributed by atoms with Crippen LogP contribution in [0.2, 0.25) is 0 Å². The van der Waals surface area contributed by atoms with Gasteiger partial charge in [0.15, 0.2) is 0 Å². The van der Waals surface area contributed by atoms with Gasteiger partial charge in [0.2, 0.25) is 0 Å². The van der Waals surface area contributed by atoms with Crippen molar-refractivity contribution < 1.29 is 4.74 Å². The molecule has 1 aliphatic rings. The van der Waals surface area contributed by atoms with E-state index in [2.05, 4.69) is 55.3 Å². The number of methoxy groups -OCH3 is 1. The van der Waals surface area contributed by atoms with Crippen molar-refractivity contribution >= 4 is 23.9 Å². The number of aliphatic imine (C=N–C) groups is 1. The van der Waals surface area contributed by atoms with Gasteiger partial charge in [-0.1, -0.05) is 37.3 Å². The summed E-state index contributed by atoms with van der Waals surface area (Å²) in [6.45, 7) is 2.16. The summed E-state index contributed by atoms with van der Waals surface area (Å²) in [5.41, 5.74) is 3.70. The summed E-state index contributed by atoms with van der Waals surface area (Å²) < 4.78 is 5.27. The van der Waals surface area contributed by atoms with Gasteiger partial charge in [0.05, 0.1) is 18.8 Å². The summed E-state index contributed by atoms with van der Waals surface area (Å²) in [4.78, 5) is 7.17. The minimum atomic E-state index is 0. The second kappa shape index (κ2) is 7.51. The van der Waals surface area contributed by atoms with E-state index in [0.29, 0.717) is 6.04 Å². The fourth-order valence-electron chi connectivity index (χ4n) is 3.03. The Morgan fingerprint density at radius 1 is 1.13 bits per heavy atom. The van der Waals surface area contributed by atoms with E-state index in [9.17, 15) is 0 Å². The van der Waals surface area contributed by atoms with Crippen LogP contribution in [0, 0.1) is 0 Å². The first kappa shape index (κ1) is 17.4. The van der Waals surface area contributed by atoms with Crippen LogP contribution in [-0.4, -0.2) is 24.9 Å². The van der Waals surface area contributed by atoms with Gasteiger partial charge in [-0.3, -0.25) is 0 Å². The molecular weight excluding hydrogens is 308 g/mol. The first-order chi connectivity index (χ1) is 10.7. The molecule has 0 aliphatic carbocycles. The monoisotopic (exact) mass is 330 g/mol. The summed E-state index contributed by atoms with van der Waals surface area (Å²) in [5, 5.41) is 0. The Kier molecular flexibility index (Phi) is 5.67. The Labute approximate surface area is 144 Å². The zero-order valence-corrected chi connectivity index (χ0v) is 14.6. The van der Waals surface area contributed by atoms with Crippen LogP contribution in [0.4, 0.5) is 5.69 Å². The lowest BCUT2D eigenvalue weighted by Gasteiger charge is -2.29. The maximum Gasteiger partial charge on any atom is 0.118 e. The molecule has 1 aliphatic heterocycles. The number of benzene rings is 2. The largest absolute Gasteiger partial charge is 0.497 e. The molecule has 1 heterocycles. The number of para-hydroxylation sites is 1. The van der Waals surface area contributed by atoms with Gasteiger partial charge < -0.3 is 9.64 Å². The maximum absolute atomic E-state index is 5.27. The van der Waals surface area contributed by atoms with Crippen molar-refractivity contribution in [3.05, 3.63) is 59.7 Å². The number of ether oxygens (including phenoxy) is 1. The molecule has 0 N–H and O–H groups in total. The highest BCUT2D eigenvalue weighted by molar-refractivity contribution is 5.86. The van der Waals surface area contributed by atoms with Gasteiger partial charge in [-0.25, -0.2) is 4.99 Å². The molecule has 0 saturated carbocycles. The van der Waals surface area contributed by atoms with Crippen molar-refractivity contribution in [2.24, 2.45) is 4.99 Å². The van der Waals surface area contributed by atoms with Gasteiger partial charge >= 0.3 is 0 Å². The Morgan fingerprint density at radius 3 is 2.48 bits per heavy atom. The van der Waals surface area contributed by atoms with E-state index in [-0.39, 0.29) is 12.4 Å². The summed E-state index contributed by atoms with van der Waals surface area (Å²) in [5.74, 6) is 2.02. The van der Waals surface area contributed by atoms with Crippen LogP contribution in [-0.2, 0) is 6.42 Å². The smallest absolute Gasteiger partial charge is 0.118 e. The van der Waals surface area contributed by atoms with E-state index < -0.39 is 0 Å². The molecule has 2 aromatic rings. The number of amidine groups is 1. The van der Waals surface area contributed by atoms with E-state index >= 15 is 0 Å². The molecule has 0 bridgehead atoms. The Balaban J connectivity index is 0.00000192. The molecule has 23 heavy (non-hydrogen) atoms. The van der Waals surface area contributed by atoms with Gasteiger partial charge in [0, 0.05) is 13.5 Å². The highest BCUT2D eigenvalue weighted by Crippen LogP contribution is 2.33. The van der Waals surface area contributed by atoms with E-state index in [1.807, 2.05) is 12.1 Å². The van der Waals surface area contributed by atoms with Crippen molar-refractivity contribution in [3.63, 3.8) is 0 Å². The van der Waals surface area contributed by atoms with Gasteiger partial charge in [-0.15, -0.1) is 12.4 Å². The van der Waals surface area contributed by atoms with E-state index in [1.54, 1.807) is 7.11 Å². The first-order valence-electron chi connectivity index (χ1n) is 7.75. The molecule has 0 amide bonds. The second-order valence-electron chi connectivity index (χ2n) is 5.61. The lowest BCUT2D eigenvalue weighted by atomic mass is 9.97. The molecule has 122 valence electrons. The van der Waals surface area contributed by atoms with E-state index in [0.717, 1.165) is 30.1 Å². The average Bonchev–Trinajstić information content (AvgIpc) is 2.72. The minimum absolute atomic E-state index is 0. The van der Waals surface area contributed by atoms with Gasteiger partial charge in [0.1, 0.15) is 11.6 Å². The van der Waals surface area contributed by atoms with Crippen LogP contribution in [0.5, 0.6) is 5.75 Å². The molecule has 3 rings (SSSR count). The molecule has 4 heteroatoms. The van der Waals surface area contributed by atoms with Gasteiger partial charge in [0.25, 0.3) is 0 Å². The number of hydrogen-bond donors (Lipinski definition) is 0. The summed E-state index contributed by atoms with van der Waals surface area (Å²) in [6.07, 6.45) is 1.89. The van der Waals surface area contributed by atoms with E-state index in [4.69, 9.17) is 9.73 Å². The van der Waals surface area contributed by atoms with Gasteiger partial charge in [-0.2, -0.15) is 0 Å². The van der Waals surface area contributed by atoms with Crippen LogP contribution < -0.4 is 4.74 Å². The van der Waals surface area contributed by atoms with Crippen molar-refractivity contribution in [2.75, 3.05) is 14.2 Å². The third kappa shape index (κ3) is 3.50. The fourth-order valence-corrected chi connectivity index (χ4v) is 3.03. The number of nitrogens with zero attached hydrogens (tertiary/aromatic N) is 2. The van der Waals surface area contributed by atoms with Crippen LogP contribution in [0.15, 0.2) is 53.5 Å². The standard InChI is InChI=1S/C19H22N2O.ClH/c1-4-19-20-17-8-6-5-7-15(17)13-18(21(19)2)14-9-11-16(22-3)12-10-14;/h5-12,18H,4,13H2,1-3H3;1H. The average molecular weight is 331 g/mol. The summed E-state index contributed by atoms with van der Waals surface area (Å²) in [7, 11) is 3.84. The Bertz CT molecular complexity index is 682. The molecule has 0 fully saturated rings. The SMILES string of the molecule is CCC1=Nc2ccccc2CC(c2ccc(OC)cc2)N1C.Cl. The molecule has 1 atom stereocenters. The quantitative estimate of drug-likeness (QED) is 0.808. The van der Waals surface area contributed by atoms with Crippen molar-refractivity contribution in [2.45, 2.75) is 25.8 Å². The van der Waals surface area contributed by atoms with Crippen LogP contribution in [0.1, 0.15) is 30.5 Å². The number of rotatable bonds is 3. The highest BCUT2D eigenvalue weighted by Gasteiger charge is 2.24. The minimum Gasteiger partial charge on any atom is -0.497 e. The topological polar surface area (TPSA) is 24.8 Å². The molecule has 0 radical (unpaired) electrons. The Morgan fingerprint density at radius 2 is 1.83 bits per heavy atom. The van der Waals surface area contributed by atoms with Crippen LogP contribution >= 0.6 is 12.4 Å². The molecule has 1 unspecified atom stereocenters.